The van der Waals surface area contributed by atoms with Gasteiger partial charge in [-0.05, 0) is 46.3 Å². The summed E-state index contributed by atoms with van der Waals surface area (Å²) in [6, 6.07) is 12.3. The average molecular weight is 340 g/mol. The summed E-state index contributed by atoms with van der Waals surface area (Å²) in [6.07, 6.45) is 0. The van der Waals surface area contributed by atoms with Crippen LogP contribution in [0.25, 0.3) is 0 Å². The van der Waals surface area contributed by atoms with Gasteiger partial charge >= 0.3 is 0 Å². The van der Waals surface area contributed by atoms with Crippen LogP contribution in [0.3, 0.4) is 0 Å². The van der Waals surface area contributed by atoms with Crippen LogP contribution in [0.5, 0.6) is 0 Å². The van der Waals surface area contributed by atoms with Gasteiger partial charge in [0, 0.05) is 16.5 Å². The Morgan fingerprint density at radius 3 is 2.58 bits per heavy atom. The van der Waals surface area contributed by atoms with E-state index in [-0.39, 0.29) is 5.91 Å². The Hall–Kier alpha value is -1.52. The van der Waals surface area contributed by atoms with E-state index in [1.165, 1.54) is 4.90 Å². The summed E-state index contributed by atoms with van der Waals surface area (Å²) < 4.78 is 0.659. The number of hydrogen-bond acceptors (Lipinski definition) is 2. The van der Waals surface area contributed by atoms with Crippen LogP contribution in [0, 0.1) is 0 Å². The zero-order valence-electron chi connectivity index (χ0n) is 10.2. The molecule has 0 unspecified atom stereocenters. The summed E-state index contributed by atoms with van der Waals surface area (Å²) in [5.74, 6) is -0.151. The minimum atomic E-state index is -0.151. The van der Waals surface area contributed by atoms with Crippen molar-refractivity contribution in [2.75, 3.05) is 17.7 Å². The van der Waals surface area contributed by atoms with Gasteiger partial charge in [0.25, 0.3) is 5.91 Å². The van der Waals surface area contributed by atoms with Crippen molar-refractivity contribution in [1.29, 1.82) is 0 Å². The molecule has 2 rings (SSSR count). The number of hydrogen-bond donors (Lipinski definition) is 1. The Morgan fingerprint density at radius 2 is 1.95 bits per heavy atom. The summed E-state index contributed by atoms with van der Waals surface area (Å²) in [4.78, 5) is 13.9. The van der Waals surface area contributed by atoms with Gasteiger partial charge in [-0.1, -0.05) is 23.7 Å². The molecule has 98 valence electrons. The number of rotatable bonds is 2. The molecule has 0 spiro atoms. The fraction of sp³-hybridized carbons (Fsp3) is 0.0714. The van der Waals surface area contributed by atoms with Crippen LogP contribution in [0.4, 0.5) is 11.4 Å². The molecule has 0 aromatic heterocycles. The molecule has 0 fully saturated rings. The molecule has 0 heterocycles. The lowest BCUT2D eigenvalue weighted by atomic mass is 10.2. The first-order chi connectivity index (χ1) is 9.00. The normalized spacial score (nSPS) is 10.3. The number of benzene rings is 2. The molecule has 0 aliphatic carbocycles. The van der Waals surface area contributed by atoms with E-state index >= 15 is 0 Å². The maximum Gasteiger partial charge on any atom is 0.259 e. The fourth-order valence-electron chi connectivity index (χ4n) is 1.75. The van der Waals surface area contributed by atoms with E-state index in [1.807, 2.05) is 12.1 Å². The van der Waals surface area contributed by atoms with Gasteiger partial charge in [0.15, 0.2) is 0 Å². The van der Waals surface area contributed by atoms with Gasteiger partial charge in [0.05, 0.1) is 16.9 Å². The summed E-state index contributed by atoms with van der Waals surface area (Å²) in [5.41, 5.74) is 7.64. The first-order valence-corrected chi connectivity index (χ1v) is 6.75. The molecular weight excluding hydrogens is 328 g/mol. The highest BCUT2D eigenvalue weighted by molar-refractivity contribution is 9.10. The predicted molar refractivity (Wildman–Crippen MR) is 82.7 cm³/mol. The second-order valence-corrected chi connectivity index (χ2v) is 5.34. The first kappa shape index (κ1) is 13.9. The Kier molecular flexibility index (Phi) is 4.12. The van der Waals surface area contributed by atoms with Gasteiger partial charge in [-0.3, -0.25) is 4.79 Å². The van der Waals surface area contributed by atoms with Gasteiger partial charge in [-0.2, -0.15) is 0 Å². The van der Waals surface area contributed by atoms with E-state index in [9.17, 15) is 4.79 Å². The van der Waals surface area contributed by atoms with Crippen molar-refractivity contribution in [3.05, 3.63) is 57.5 Å². The molecule has 2 aromatic rings. The highest BCUT2D eigenvalue weighted by Gasteiger charge is 2.17. The number of anilines is 2. The SMILES string of the molecule is CN(C(=O)c1ccc(Cl)cc1Br)c1ccccc1N. The van der Waals surface area contributed by atoms with Crippen LogP contribution in [0.1, 0.15) is 10.4 Å². The molecule has 2 N–H and O–H groups in total. The number of carbonyl (C=O) groups is 1. The summed E-state index contributed by atoms with van der Waals surface area (Å²) in [6.45, 7) is 0. The third kappa shape index (κ3) is 2.91. The standard InChI is InChI=1S/C14H12BrClN2O/c1-18(13-5-3-2-4-12(13)17)14(19)10-7-6-9(16)8-11(10)15/h2-8H,17H2,1H3. The Labute approximate surface area is 125 Å². The number of amides is 1. The van der Waals surface area contributed by atoms with Crippen molar-refractivity contribution in [2.45, 2.75) is 0 Å². The van der Waals surface area contributed by atoms with Crippen LogP contribution in [-0.2, 0) is 0 Å². The van der Waals surface area contributed by atoms with Gasteiger partial charge < -0.3 is 10.6 Å². The van der Waals surface area contributed by atoms with Crippen molar-refractivity contribution in [3.63, 3.8) is 0 Å². The topological polar surface area (TPSA) is 46.3 Å². The van der Waals surface area contributed by atoms with Gasteiger partial charge in [-0.25, -0.2) is 0 Å². The molecule has 3 nitrogen and oxygen atoms in total. The van der Waals surface area contributed by atoms with Crippen LogP contribution >= 0.6 is 27.5 Å². The number of halogens is 2. The van der Waals surface area contributed by atoms with E-state index in [1.54, 1.807) is 37.4 Å². The van der Waals surface area contributed by atoms with Crippen molar-refractivity contribution >= 4 is 44.8 Å². The van der Waals surface area contributed by atoms with E-state index in [2.05, 4.69) is 15.9 Å². The maximum atomic E-state index is 12.4. The minimum absolute atomic E-state index is 0.151. The molecule has 0 saturated heterocycles. The maximum absolute atomic E-state index is 12.4. The fourth-order valence-corrected chi connectivity index (χ4v) is 2.60. The lowest BCUT2D eigenvalue weighted by molar-refractivity contribution is 0.0992. The number of nitrogens with two attached hydrogens (primary N) is 1. The van der Waals surface area contributed by atoms with Gasteiger partial charge in [-0.15, -0.1) is 0 Å². The molecule has 0 bridgehead atoms. The second kappa shape index (κ2) is 5.63. The molecule has 0 radical (unpaired) electrons. The van der Waals surface area contributed by atoms with Crippen LogP contribution in [0.2, 0.25) is 5.02 Å². The first-order valence-electron chi connectivity index (χ1n) is 5.58. The van der Waals surface area contributed by atoms with Crippen LogP contribution in [0.15, 0.2) is 46.9 Å². The number of nitrogens with zero attached hydrogens (tertiary/aromatic N) is 1. The van der Waals surface area contributed by atoms with E-state index in [0.717, 1.165) is 0 Å². The molecule has 5 heteroatoms. The molecule has 0 aliphatic rings. The summed E-state index contributed by atoms with van der Waals surface area (Å²) >= 11 is 9.21. The molecule has 0 saturated carbocycles. The third-order valence-corrected chi connectivity index (χ3v) is 3.66. The van der Waals surface area contributed by atoms with E-state index < -0.39 is 0 Å². The average Bonchev–Trinajstić information content (AvgIpc) is 2.38. The van der Waals surface area contributed by atoms with Crippen LogP contribution in [-0.4, -0.2) is 13.0 Å². The highest BCUT2D eigenvalue weighted by atomic mass is 79.9. The van der Waals surface area contributed by atoms with Crippen molar-refractivity contribution in [2.24, 2.45) is 0 Å². The molecule has 19 heavy (non-hydrogen) atoms. The number of para-hydroxylation sites is 2. The zero-order chi connectivity index (χ0) is 14.0. The summed E-state index contributed by atoms with van der Waals surface area (Å²) in [7, 11) is 1.69. The Bertz CT molecular complexity index is 631. The van der Waals surface area contributed by atoms with Crippen molar-refractivity contribution in [3.8, 4) is 0 Å². The Morgan fingerprint density at radius 1 is 1.26 bits per heavy atom. The highest BCUT2D eigenvalue weighted by Crippen LogP contribution is 2.27. The number of carbonyl (C=O) groups excluding carboxylic acids is 1. The van der Waals surface area contributed by atoms with E-state index in [4.69, 9.17) is 17.3 Å². The quantitative estimate of drug-likeness (QED) is 0.842. The van der Waals surface area contributed by atoms with Crippen molar-refractivity contribution in [1.82, 2.24) is 0 Å². The third-order valence-electron chi connectivity index (χ3n) is 2.76. The predicted octanol–water partition coefficient (Wildman–Crippen LogP) is 3.96. The molecular formula is C14H12BrClN2O. The lowest BCUT2D eigenvalue weighted by Crippen LogP contribution is -2.27. The molecule has 1 amide bonds. The molecule has 0 aliphatic heterocycles. The van der Waals surface area contributed by atoms with Gasteiger partial charge in [0.1, 0.15) is 0 Å². The zero-order valence-corrected chi connectivity index (χ0v) is 12.6. The monoisotopic (exact) mass is 338 g/mol. The Balaban J connectivity index is 2.37. The minimum Gasteiger partial charge on any atom is -0.397 e. The smallest absolute Gasteiger partial charge is 0.259 e. The second-order valence-electron chi connectivity index (χ2n) is 4.05. The van der Waals surface area contributed by atoms with Crippen molar-refractivity contribution < 1.29 is 4.79 Å². The lowest BCUT2D eigenvalue weighted by Gasteiger charge is -2.19. The van der Waals surface area contributed by atoms with Crippen LogP contribution < -0.4 is 10.6 Å². The van der Waals surface area contributed by atoms with E-state index in [0.29, 0.717) is 26.4 Å². The molecule has 2 aromatic carbocycles. The number of nitrogen functional groups attached to an aromatic ring is 1. The van der Waals surface area contributed by atoms with Gasteiger partial charge in [0.2, 0.25) is 0 Å². The largest absolute Gasteiger partial charge is 0.397 e. The summed E-state index contributed by atoms with van der Waals surface area (Å²) in [5, 5.41) is 0.574. The molecule has 0 atom stereocenters.